The predicted molar refractivity (Wildman–Crippen MR) is 71.9 cm³/mol. The number of carboxylic acid groups (broad SMARTS) is 1. The molecule has 19 heavy (non-hydrogen) atoms. The van der Waals surface area contributed by atoms with Crippen LogP contribution in [0.4, 0.5) is 0 Å². The minimum atomic E-state index is -0.873. The van der Waals surface area contributed by atoms with Crippen molar-refractivity contribution in [2.45, 2.75) is 26.7 Å². The van der Waals surface area contributed by atoms with Gasteiger partial charge in [0.25, 0.3) is 0 Å². The van der Waals surface area contributed by atoms with Crippen molar-refractivity contribution in [3.05, 3.63) is 34.9 Å². The van der Waals surface area contributed by atoms with Crippen LogP contribution in [0.3, 0.4) is 0 Å². The Morgan fingerprint density at radius 3 is 2.79 bits per heavy atom. The van der Waals surface area contributed by atoms with Crippen molar-refractivity contribution in [1.29, 1.82) is 0 Å². The molecular formula is C15H19NO3. The van der Waals surface area contributed by atoms with Gasteiger partial charge in [-0.25, -0.2) is 0 Å². The summed E-state index contributed by atoms with van der Waals surface area (Å²) in [6, 6.07) is 6.28. The number of hydrogen-bond donors (Lipinski definition) is 1. The number of benzene rings is 1. The van der Waals surface area contributed by atoms with E-state index in [1.54, 1.807) is 4.90 Å². The Kier molecular flexibility index (Phi) is 3.88. The number of hydrogen-bond acceptors (Lipinski definition) is 2. The van der Waals surface area contributed by atoms with Crippen molar-refractivity contribution < 1.29 is 14.7 Å². The van der Waals surface area contributed by atoms with E-state index in [2.05, 4.69) is 25.1 Å². The van der Waals surface area contributed by atoms with Crippen molar-refractivity contribution in [3.63, 3.8) is 0 Å². The number of carbonyl (C=O) groups excluding carboxylic acids is 1. The Bertz CT molecular complexity index is 510. The van der Waals surface area contributed by atoms with Crippen LogP contribution in [0.2, 0.25) is 0 Å². The van der Waals surface area contributed by atoms with Crippen molar-refractivity contribution in [1.82, 2.24) is 4.90 Å². The zero-order chi connectivity index (χ0) is 14.0. The van der Waals surface area contributed by atoms with E-state index in [4.69, 9.17) is 5.11 Å². The first-order valence-electron chi connectivity index (χ1n) is 6.54. The molecule has 1 fully saturated rings. The fourth-order valence-electron chi connectivity index (χ4n) is 2.48. The maximum atomic E-state index is 11.7. The Morgan fingerprint density at radius 1 is 1.42 bits per heavy atom. The van der Waals surface area contributed by atoms with E-state index in [-0.39, 0.29) is 12.3 Å². The molecule has 1 saturated heterocycles. The summed E-state index contributed by atoms with van der Waals surface area (Å²) in [6.45, 7) is 5.05. The van der Waals surface area contributed by atoms with E-state index in [0.29, 0.717) is 13.1 Å². The van der Waals surface area contributed by atoms with E-state index in [1.165, 1.54) is 16.7 Å². The molecule has 0 spiro atoms. The van der Waals surface area contributed by atoms with Gasteiger partial charge in [0.1, 0.15) is 0 Å². The zero-order valence-corrected chi connectivity index (χ0v) is 11.3. The molecule has 0 aromatic heterocycles. The highest BCUT2D eigenvalue weighted by molar-refractivity contribution is 5.86. The lowest BCUT2D eigenvalue weighted by Crippen LogP contribution is -2.28. The van der Waals surface area contributed by atoms with Gasteiger partial charge in [-0.05, 0) is 31.4 Å². The zero-order valence-electron chi connectivity index (χ0n) is 11.3. The Morgan fingerprint density at radius 2 is 2.16 bits per heavy atom. The molecular weight excluding hydrogens is 242 g/mol. The monoisotopic (exact) mass is 261 g/mol. The van der Waals surface area contributed by atoms with Crippen molar-refractivity contribution in [2.75, 3.05) is 13.1 Å². The first-order valence-corrected chi connectivity index (χ1v) is 6.54. The van der Waals surface area contributed by atoms with Gasteiger partial charge in [-0.3, -0.25) is 9.59 Å². The molecule has 1 heterocycles. The van der Waals surface area contributed by atoms with Crippen LogP contribution in [0, 0.1) is 19.8 Å². The fourth-order valence-corrected chi connectivity index (χ4v) is 2.48. The highest BCUT2D eigenvalue weighted by atomic mass is 16.4. The highest BCUT2D eigenvalue weighted by Crippen LogP contribution is 2.19. The molecule has 0 bridgehead atoms. The van der Waals surface area contributed by atoms with Gasteiger partial charge in [0, 0.05) is 19.5 Å². The molecule has 0 radical (unpaired) electrons. The lowest BCUT2D eigenvalue weighted by Gasteiger charge is -2.17. The van der Waals surface area contributed by atoms with Crippen LogP contribution in [0.5, 0.6) is 0 Å². The summed E-state index contributed by atoms with van der Waals surface area (Å²) in [5, 5.41) is 8.94. The summed E-state index contributed by atoms with van der Waals surface area (Å²) in [4.78, 5) is 24.3. The van der Waals surface area contributed by atoms with Crippen LogP contribution in [0.25, 0.3) is 0 Å². The summed E-state index contributed by atoms with van der Waals surface area (Å²) in [5.41, 5.74) is 3.65. The molecule has 4 heteroatoms. The molecule has 4 nitrogen and oxygen atoms in total. The van der Waals surface area contributed by atoms with Gasteiger partial charge < -0.3 is 10.0 Å². The third-order valence-corrected chi connectivity index (χ3v) is 3.72. The lowest BCUT2D eigenvalue weighted by atomic mass is 10.0. The molecule has 102 valence electrons. The van der Waals surface area contributed by atoms with Crippen molar-refractivity contribution in [3.8, 4) is 0 Å². The van der Waals surface area contributed by atoms with Crippen LogP contribution in [0.15, 0.2) is 18.2 Å². The SMILES string of the molecule is Cc1ccc(C)c(CCN2CC(C(=O)O)CC2=O)c1. The second-order valence-electron chi connectivity index (χ2n) is 5.26. The van der Waals surface area contributed by atoms with E-state index >= 15 is 0 Å². The lowest BCUT2D eigenvalue weighted by molar-refractivity contribution is -0.141. The third kappa shape index (κ3) is 3.13. The van der Waals surface area contributed by atoms with E-state index in [1.807, 2.05) is 6.92 Å². The van der Waals surface area contributed by atoms with Crippen LogP contribution >= 0.6 is 0 Å². The maximum Gasteiger partial charge on any atom is 0.308 e. The molecule has 1 atom stereocenters. The predicted octanol–water partition coefficient (Wildman–Crippen LogP) is 1.78. The summed E-state index contributed by atoms with van der Waals surface area (Å²) >= 11 is 0. The van der Waals surface area contributed by atoms with E-state index in [9.17, 15) is 9.59 Å². The van der Waals surface area contributed by atoms with Gasteiger partial charge >= 0.3 is 5.97 Å². The average Bonchev–Trinajstić information content (AvgIpc) is 2.72. The van der Waals surface area contributed by atoms with Gasteiger partial charge in [0.15, 0.2) is 0 Å². The normalized spacial score (nSPS) is 18.9. The standard InChI is InChI=1S/C15H19NO3/c1-10-3-4-11(2)12(7-10)5-6-16-9-13(15(18)19)8-14(16)17/h3-4,7,13H,5-6,8-9H2,1-2H3,(H,18,19). The number of rotatable bonds is 4. The number of aryl methyl sites for hydroxylation is 2. The van der Waals surface area contributed by atoms with Crippen molar-refractivity contribution in [2.24, 2.45) is 5.92 Å². The Balaban J connectivity index is 1.97. The smallest absolute Gasteiger partial charge is 0.308 e. The van der Waals surface area contributed by atoms with Gasteiger partial charge in [-0.1, -0.05) is 23.8 Å². The molecule has 1 N–H and O–H groups in total. The minimum absolute atomic E-state index is 0.0438. The first-order chi connectivity index (χ1) is 8.97. The number of carbonyl (C=O) groups is 2. The number of likely N-dealkylation sites (tertiary alicyclic amines) is 1. The second kappa shape index (κ2) is 5.43. The highest BCUT2D eigenvalue weighted by Gasteiger charge is 2.33. The molecule has 1 amide bonds. The number of nitrogens with zero attached hydrogens (tertiary/aromatic N) is 1. The summed E-state index contributed by atoms with van der Waals surface area (Å²) in [6.07, 6.45) is 0.924. The number of aliphatic carboxylic acids is 1. The average molecular weight is 261 g/mol. The van der Waals surface area contributed by atoms with Gasteiger partial charge in [-0.15, -0.1) is 0 Å². The third-order valence-electron chi connectivity index (χ3n) is 3.72. The molecule has 1 unspecified atom stereocenters. The molecule has 1 aliphatic rings. The Hall–Kier alpha value is -1.84. The Labute approximate surface area is 113 Å². The van der Waals surface area contributed by atoms with Gasteiger partial charge in [0.2, 0.25) is 5.91 Å². The van der Waals surface area contributed by atoms with Gasteiger partial charge in [-0.2, -0.15) is 0 Å². The van der Waals surface area contributed by atoms with Gasteiger partial charge in [0.05, 0.1) is 5.92 Å². The largest absolute Gasteiger partial charge is 0.481 e. The topological polar surface area (TPSA) is 57.6 Å². The van der Waals surface area contributed by atoms with Crippen LogP contribution in [-0.2, 0) is 16.0 Å². The molecule has 0 aliphatic carbocycles. The van der Waals surface area contributed by atoms with E-state index < -0.39 is 11.9 Å². The van der Waals surface area contributed by atoms with Crippen LogP contribution < -0.4 is 0 Å². The maximum absolute atomic E-state index is 11.7. The van der Waals surface area contributed by atoms with E-state index in [0.717, 1.165) is 6.42 Å². The second-order valence-corrected chi connectivity index (χ2v) is 5.26. The quantitative estimate of drug-likeness (QED) is 0.898. The molecule has 1 aliphatic heterocycles. The summed E-state index contributed by atoms with van der Waals surface area (Å²) < 4.78 is 0. The van der Waals surface area contributed by atoms with Crippen LogP contribution in [-0.4, -0.2) is 35.0 Å². The minimum Gasteiger partial charge on any atom is -0.481 e. The molecule has 1 aromatic rings. The first kappa shape index (κ1) is 13.6. The summed E-state index contributed by atoms with van der Waals surface area (Å²) in [5.74, 6) is -1.45. The number of amides is 1. The molecule has 1 aromatic carbocycles. The van der Waals surface area contributed by atoms with Crippen LogP contribution in [0.1, 0.15) is 23.1 Å². The summed E-state index contributed by atoms with van der Waals surface area (Å²) in [7, 11) is 0. The molecule has 2 rings (SSSR count). The van der Waals surface area contributed by atoms with Crippen molar-refractivity contribution >= 4 is 11.9 Å². The number of carboxylic acids is 1. The molecule has 0 saturated carbocycles. The fraction of sp³-hybridized carbons (Fsp3) is 0.467.